The maximum Gasteiger partial charge on any atom is 0.254 e. The molecule has 0 radical (unpaired) electrons. The molecular weight excluding hydrogens is 339 g/mol. The van der Waals surface area contributed by atoms with E-state index in [0.29, 0.717) is 26.3 Å². The number of morpholine rings is 1. The van der Waals surface area contributed by atoms with Crippen LogP contribution < -0.4 is 5.56 Å². The van der Waals surface area contributed by atoms with Crippen LogP contribution in [0.1, 0.15) is 22.0 Å². The molecule has 1 fully saturated rings. The van der Waals surface area contributed by atoms with Crippen molar-refractivity contribution in [2.24, 2.45) is 0 Å². The topological polar surface area (TPSA) is 68.6 Å². The maximum atomic E-state index is 13.2. The van der Waals surface area contributed by atoms with Gasteiger partial charge in [-0.3, -0.25) is 19.0 Å². The standard InChI is InChI=1S/C19H19FN2O4/c1-13-2-7-16(23)22(12-13)17(19(25)21-8-10-26-11-9-21)18(24)14-3-5-15(20)6-4-14/h2-7,12,17H,8-11H2,1H3. The van der Waals surface area contributed by atoms with Gasteiger partial charge in [-0.25, -0.2) is 4.39 Å². The van der Waals surface area contributed by atoms with Crippen molar-refractivity contribution in [1.82, 2.24) is 9.47 Å². The Morgan fingerprint density at radius 1 is 1.08 bits per heavy atom. The van der Waals surface area contributed by atoms with Gasteiger partial charge < -0.3 is 9.64 Å². The highest BCUT2D eigenvalue weighted by atomic mass is 19.1. The van der Waals surface area contributed by atoms with Crippen LogP contribution in [0, 0.1) is 12.7 Å². The molecule has 1 aromatic carbocycles. The summed E-state index contributed by atoms with van der Waals surface area (Å²) in [5.41, 5.74) is 0.473. The quantitative estimate of drug-likeness (QED) is 0.615. The van der Waals surface area contributed by atoms with Crippen molar-refractivity contribution in [3.8, 4) is 0 Å². The summed E-state index contributed by atoms with van der Waals surface area (Å²) in [5.74, 6) is -1.49. The molecule has 0 saturated carbocycles. The number of pyridine rings is 1. The Morgan fingerprint density at radius 2 is 1.73 bits per heavy atom. The first-order chi connectivity index (χ1) is 12.5. The number of ketones is 1. The fourth-order valence-electron chi connectivity index (χ4n) is 2.90. The predicted octanol–water partition coefficient (Wildman–Crippen LogP) is 1.58. The molecule has 1 amide bonds. The van der Waals surface area contributed by atoms with Crippen molar-refractivity contribution in [2.75, 3.05) is 26.3 Å². The van der Waals surface area contributed by atoms with Crippen LogP contribution in [0.5, 0.6) is 0 Å². The number of aryl methyl sites for hydroxylation is 1. The normalized spacial score (nSPS) is 15.5. The molecule has 0 N–H and O–H groups in total. The number of aromatic nitrogens is 1. The van der Waals surface area contributed by atoms with Crippen molar-refractivity contribution >= 4 is 11.7 Å². The largest absolute Gasteiger partial charge is 0.378 e. The summed E-state index contributed by atoms with van der Waals surface area (Å²) in [6, 6.07) is 6.57. The lowest BCUT2D eigenvalue weighted by Gasteiger charge is -2.30. The molecule has 136 valence electrons. The lowest BCUT2D eigenvalue weighted by Crippen LogP contribution is -2.48. The molecule has 0 bridgehead atoms. The molecule has 1 atom stereocenters. The number of nitrogens with zero attached hydrogens (tertiary/aromatic N) is 2. The molecule has 1 aliphatic rings. The minimum atomic E-state index is -1.33. The van der Waals surface area contributed by atoms with E-state index in [1.807, 2.05) is 0 Å². The van der Waals surface area contributed by atoms with Gasteiger partial charge in [-0.05, 0) is 36.8 Å². The molecule has 2 heterocycles. The van der Waals surface area contributed by atoms with Gasteiger partial charge in [-0.1, -0.05) is 6.07 Å². The lowest BCUT2D eigenvalue weighted by atomic mass is 10.0. The molecule has 1 saturated heterocycles. The number of rotatable bonds is 4. The third kappa shape index (κ3) is 3.72. The van der Waals surface area contributed by atoms with Crippen LogP contribution >= 0.6 is 0 Å². The fourth-order valence-corrected chi connectivity index (χ4v) is 2.90. The fraction of sp³-hybridized carbons (Fsp3) is 0.316. The minimum absolute atomic E-state index is 0.173. The highest BCUT2D eigenvalue weighted by molar-refractivity contribution is 6.11. The van der Waals surface area contributed by atoms with Crippen molar-refractivity contribution in [3.63, 3.8) is 0 Å². The van der Waals surface area contributed by atoms with Crippen LogP contribution in [0.4, 0.5) is 4.39 Å². The summed E-state index contributed by atoms with van der Waals surface area (Å²) < 4.78 is 19.6. The first kappa shape index (κ1) is 18.0. The number of carbonyl (C=O) groups is 2. The van der Waals surface area contributed by atoms with Crippen LogP contribution in [-0.4, -0.2) is 47.5 Å². The molecule has 6 nitrogen and oxygen atoms in total. The molecule has 3 rings (SSSR count). The van der Waals surface area contributed by atoms with E-state index < -0.39 is 29.1 Å². The Labute approximate surface area is 149 Å². The van der Waals surface area contributed by atoms with Gasteiger partial charge in [0.05, 0.1) is 13.2 Å². The summed E-state index contributed by atoms with van der Waals surface area (Å²) in [6.45, 7) is 3.24. The SMILES string of the molecule is Cc1ccc(=O)n(C(C(=O)c2ccc(F)cc2)C(=O)N2CCOCC2)c1. The molecule has 1 aliphatic heterocycles. The average molecular weight is 358 g/mol. The Morgan fingerprint density at radius 3 is 2.38 bits per heavy atom. The van der Waals surface area contributed by atoms with Crippen molar-refractivity contribution in [1.29, 1.82) is 0 Å². The molecule has 0 spiro atoms. The summed E-state index contributed by atoms with van der Waals surface area (Å²) in [6.07, 6.45) is 1.49. The van der Waals surface area contributed by atoms with E-state index in [1.165, 1.54) is 29.3 Å². The molecule has 2 aromatic rings. The van der Waals surface area contributed by atoms with Crippen molar-refractivity contribution in [3.05, 3.63) is 69.9 Å². The minimum Gasteiger partial charge on any atom is -0.378 e. The van der Waals surface area contributed by atoms with Crippen LogP contribution in [-0.2, 0) is 9.53 Å². The van der Waals surface area contributed by atoms with Crippen LogP contribution in [0.15, 0.2) is 47.4 Å². The Bertz CT molecular complexity index is 870. The highest BCUT2D eigenvalue weighted by Gasteiger charge is 2.34. The number of amides is 1. The van der Waals surface area contributed by atoms with Crippen LogP contribution in [0.3, 0.4) is 0 Å². The molecule has 1 unspecified atom stereocenters. The zero-order valence-electron chi connectivity index (χ0n) is 14.4. The van der Waals surface area contributed by atoms with Gasteiger partial charge in [0.25, 0.3) is 11.5 Å². The highest BCUT2D eigenvalue weighted by Crippen LogP contribution is 2.18. The van der Waals surface area contributed by atoms with Crippen molar-refractivity contribution in [2.45, 2.75) is 13.0 Å². The second kappa shape index (κ2) is 7.61. The van der Waals surface area contributed by atoms with Gasteiger partial charge >= 0.3 is 0 Å². The lowest BCUT2D eigenvalue weighted by molar-refractivity contribution is -0.137. The third-order valence-corrected chi connectivity index (χ3v) is 4.30. The second-order valence-electron chi connectivity index (χ2n) is 6.16. The zero-order chi connectivity index (χ0) is 18.7. The summed E-state index contributed by atoms with van der Waals surface area (Å²) in [5, 5.41) is 0. The summed E-state index contributed by atoms with van der Waals surface area (Å²) in [7, 11) is 0. The predicted molar refractivity (Wildman–Crippen MR) is 92.6 cm³/mol. The van der Waals surface area contributed by atoms with Gasteiger partial charge in [-0.15, -0.1) is 0 Å². The van der Waals surface area contributed by atoms with Gasteiger partial charge in [0, 0.05) is 30.9 Å². The van der Waals surface area contributed by atoms with Crippen molar-refractivity contribution < 1.29 is 18.7 Å². The van der Waals surface area contributed by atoms with E-state index in [1.54, 1.807) is 13.0 Å². The summed E-state index contributed by atoms with van der Waals surface area (Å²) >= 11 is 0. The van der Waals surface area contributed by atoms with Gasteiger partial charge in [0.2, 0.25) is 0 Å². The third-order valence-electron chi connectivity index (χ3n) is 4.30. The molecule has 0 aliphatic carbocycles. The van der Waals surface area contributed by atoms with Gasteiger partial charge in [0.1, 0.15) is 5.82 Å². The molecule has 26 heavy (non-hydrogen) atoms. The molecule has 7 heteroatoms. The zero-order valence-corrected chi connectivity index (χ0v) is 14.4. The van der Waals surface area contributed by atoms with E-state index in [4.69, 9.17) is 4.74 Å². The monoisotopic (exact) mass is 358 g/mol. The number of Topliss-reactive ketones (excluding diaryl/α,β-unsaturated/α-hetero) is 1. The van der Waals surface area contributed by atoms with E-state index in [2.05, 4.69) is 0 Å². The Hall–Kier alpha value is -2.80. The van der Waals surface area contributed by atoms with E-state index in [0.717, 1.165) is 22.3 Å². The van der Waals surface area contributed by atoms with Crippen LogP contribution in [0.25, 0.3) is 0 Å². The Balaban J connectivity index is 2.04. The number of hydrogen-bond acceptors (Lipinski definition) is 4. The first-order valence-corrected chi connectivity index (χ1v) is 8.32. The number of halogens is 1. The first-order valence-electron chi connectivity index (χ1n) is 8.32. The number of benzene rings is 1. The molecule has 1 aromatic heterocycles. The second-order valence-corrected chi connectivity index (χ2v) is 6.16. The summed E-state index contributed by atoms with van der Waals surface area (Å²) in [4.78, 5) is 40.0. The molecular formula is C19H19FN2O4. The van der Waals surface area contributed by atoms with Crippen LogP contribution in [0.2, 0.25) is 0 Å². The number of hydrogen-bond donors (Lipinski definition) is 0. The maximum absolute atomic E-state index is 13.2. The number of carbonyl (C=O) groups excluding carboxylic acids is 2. The van der Waals surface area contributed by atoms with Gasteiger partial charge in [0.15, 0.2) is 11.8 Å². The van der Waals surface area contributed by atoms with E-state index >= 15 is 0 Å². The van der Waals surface area contributed by atoms with Gasteiger partial charge in [-0.2, -0.15) is 0 Å². The Kier molecular flexibility index (Phi) is 5.27. The van der Waals surface area contributed by atoms with E-state index in [9.17, 15) is 18.8 Å². The smallest absolute Gasteiger partial charge is 0.254 e. The number of ether oxygens (including phenoxy) is 1. The van der Waals surface area contributed by atoms with E-state index in [-0.39, 0.29) is 5.56 Å². The average Bonchev–Trinajstić information content (AvgIpc) is 2.66.